The summed E-state index contributed by atoms with van der Waals surface area (Å²) in [5, 5.41) is 0. The molecule has 1 saturated carbocycles. The molecule has 4 heteroatoms. The van der Waals surface area contributed by atoms with Gasteiger partial charge in [0.25, 0.3) is 0 Å². The zero-order chi connectivity index (χ0) is 14.0. The molecule has 0 aromatic carbocycles. The average molecular weight is 294 g/mol. The summed E-state index contributed by atoms with van der Waals surface area (Å²) in [5.74, 6) is 6.48. The number of nitrogens with two attached hydrogens (primary N) is 1. The summed E-state index contributed by atoms with van der Waals surface area (Å²) in [6.45, 7) is 3.06. The molecule has 2 atom stereocenters. The van der Waals surface area contributed by atoms with Crippen LogP contribution in [0.1, 0.15) is 60.7 Å². The van der Waals surface area contributed by atoms with Crippen molar-refractivity contribution in [3.63, 3.8) is 0 Å². The molecule has 20 heavy (non-hydrogen) atoms. The van der Waals surface area contributed by atoms with Gasteiger partial charge in [0.2, 0.25) is 0 Å². The quantitative estimate of drug-likeness (QED) is 0.660. The lowest BCUT2D eigenvalue weighted by atomic mass is 9.74. The van der Waals surface area contributed by atoms with Crippen LogP contribution in [0.2, 0.25) is 0 Å². The average Bonchev–Trinajstić information content (AvgIpc) is 2.87. The van der Waals surface area contributed by atoms with E-state index in [0.29, 0.717) is 5.92 Å². The fourth-order valence-corrected chi connectivity index (χ4v) is 5.00. The van der Waals surface area contributed by atoms with Gasteiger partial charge in [0, 0.05) is 16.4 Å². The molecule has 112 valence electrons. The maximum Gasteiger partial charge on any atom is 0.0686 e. The largest absolute Gasteiger partial charge is 0.375 e. The highest BCUT2D eigenvalue weighted by Crippen LogP contribution is 2.44. The second-order valence-electron chi connectivity index (χ2n) is 6.44. The molecule has 1 aromatic rings. The number of ether oxygens (including phenoxy) is 1. The summed E-state index contributed by atoms with van der Waals surface area (Å²) in [7, 11) is 0. The Balaban J connectivity index is 1.74. The van der Waals surface area contributed by atoms with Gasteiger partial charge in [-0.1, -0.05) is 19.3 Å². The van der Waals surface area contributed by atoms with E-state index in [1.807, 2.05) is 11.3 Å². The molecular formula is C16H26N2OS. The zero-order valence-corrected chi connectivity index (χ0v) is 13.2. The Labute approximate surface area is 125 Å². The van der Waals surface area contributed by atoms with Crippen LogP contribution in [0, 0.1) is 12.8 Å². The maximum absolute atomic E-state index is 6.21. The molecule has 2 heterocycles. The Hall–Kier alpha value is -0.420. The van der Waals surface area contributed by atoms with Crippen LogP contribution in [0.5, 0.6) is 0 Å². The van der Waals surface area contributed by atoms with Crippen molar-refractivity contribution >= 4 is 11.3 Å². The van der Waals surface area contributed by atoms with Crippen molar-refractivity contribution in [1.82, 2.24) is 5.43 Å². The number of hydrogen-bond donors (Lipinski definition) is 2. The number of nitrogens with one attached hydrogen (secondary N) is 1. The second kappa shape index (κ2) is 6.14. The summed E-state index contributed by atoms with van der Waals surface area (Å²) in [4.78, 5) is 2.74. The third kappa shape index (κ3) is 2.93. The molecule has 2 aliphatic rings. The van der Waals surface area contributed by atoms with Gasteiger partial charge >= 0.3 is 0 Å². The van der Waals surface area contributed by atoms with E-state index in [9.17, 15) is 0 Å². The maximum atomic E-state index is 6.21. The van der Waals surface area contributed by atoms with Crippen LogP contribution in [0.15, 0.2) is 12.1 Å². The van der Waals surface area contributed by atoms with Gasteiger partial charge in [0.1, 0.15) is 0 Å². The third-order valence-corrected chi connectivity index (χ3v) is 6.10. The summed E-state index contributed by atoms with van der Waals surface area (Å²) in [6.07, 6.45) is 8.79. The molecule has 3 nitrogen and oxygen atoms in total. The minimum absolute atomic E-state index is 0.155. The monoisotopic (exact) mass is 294 g/mol. The first-order valence-electron chi connectivity index (χ1n) is 7.89. The Kier molecular flexibility index (Phi) is 4.46. The minimum Gasteiger partial charge on any atom is -0.375 e. The van der Waals surface area contributed by atoms with Crippen molar-refractivity contribution in [2.45, 2.75) is 63.5 Å². The minimum atomic E-state index is 0.155. The fraction of sp³-hybridized carbons (Fsp3) is 0.750. The van der Waals surface area contributed by atoms with Crippen LogP contribution in [-0.2, 0) is 4.74 Å². The molecule has 1 saturated heterocycles. The van der Waals surface area contributed by atoms with E-state index >= 15 is 0 Å². The summed E-state index contributed by atoms with van der Waals surface area (Å²) >= 11 is 1.87. The lowest BCUT2D eigenvalue weighted by Crippen LogP contribution is -2.45. The first-order chi connectivity index (χ1) is 9.72. The van der Waals surface area contributed by atoms with Crippen molar-refractivity contribution in [3.8, 4) is 0 Å². The highest BCUT2D eigenvalue weighted by atomic mass is 32.1. The molecular weight excluding hydrogens is 268 g/mol. The van der Waals surface area contributed by atoms with Crippen LogP contribution >= 0.6 is 11.3 Å². The van der Waals surface area contributed by atoms with E-state index in [1.54, 1.807) is 0 Å². The van der Waals surface area contributed by atoms with Crippen LogP contribution in [0.25, 0.3) is 0 Å². The van der Waals surface area contributed by atoms with Gasteiger partial charge in [0.05, 0.1) is 11.6 Å². The molecule has 1 aromatic heterocycles. The molecule has 2 fully saturated rings. The van der Waals surface area contributed by atoms with Crippen LogP contribution in [0.3, 0.4) is 0 Å². The van der Waals surface area contributed by atoms with E-state index in [1.165, 1.54) is 48.3 Å². The Morgan fingerprint density at radius 3 is 2.80 bits per heavy atom. The van der Waals surface area contributed by atoms with Gasteiger partial charge in [-0.05, 0) is 50.7 Å². The van der Waals surface area contributed by atoms with Gasteiger partial charge in [-0.25, -0.2) is 0 Å². The molecule has 3 rings (SSSR count). The van der Waals surface area contributed by atoms with E-state index in [4.69, 9.17) is 10.6 Å². The van der Waals surface area contributed by atoms with Crippen molar-refractivity contribution in [1.29, 1.82) is 0 Å². The Bertz CT molecular complexity index is 434. The fourth-order valence-electron chi connectivity index (χ4n) is 3.97. The normalized spacial score (nSPS) is 27.6. The van der Waals surface area contributed by atoms with Crippen molar-refractivity contribution < 1.29 is 4.74 Å². The van der Waals surface area contributed by atoms with Crippen molar-refractivity contribution in [3.05, 3.63) is 21.9 Å². The van der Waals surface area contributed by atoms with Gasteiger partial charge in [-0.2, -0.15) is 0 Å². The highest BCUT2D eigenvalue weighted by Gasteiger charge is 2.41. The molecule has 1 aliphatic heterocycles. The topological polar surface area (TPSA) is 47.3 Å². The predicted molar refractivity (Wildman–Crippen MR) is 83.6 cm³/mol. The molecule has 2 unspecified atom stereocenters. The first-order valence-corrected chi connectivity index (χ1v) is 8.70. The summed E-state index contributed by atoms with van der Waals surface area (Å²) in [5.41, 5.74) is 3.23. The first kappa shape index (κ1) is 14.5. The Morgan fingerprint density at radius 2 is 2.15 bits per heavy atom. The smallest absolute Gasteiger partial charge is 0.0686 e. The van der Waals surface area contributed by atoms with Gasteiger partial charge < -0.3 is 4.74 Å². The molecule has 1 aliphatic carbocycles. The van der Waals surface area contributed by atoms with Crippen molar-refractivity contribution in [2.75, 3.05) is 6.61 Å². The van der Waals surface area contributed by atoms with Crippen molar-refractivity contribution in [2.24, 2.45) is 11.8 Å². The third-order valence-electron chi connectivity index (χ3n) is 5.01. The summed E-state index contributed by atoms with van der Waals surface area (Å²) in [6, 6.07) is 4.71. The number of hydrazine groups is 1. The second-order valence-corrected chi connectivity index (χ2v) is 7.76. The summed E-state index contributed by atoms with van der Waals surface area (Å²) < 4.78 is 6.21. The number of hydrogen-bond acceptors (Lipinski definition) is 4. The Morgan fingerprint density at radius 1 is 1.35 bits per heavy atom. The number of thiophene rings is 1. The van der Waals surface area contributed by atoms with E-state index < -0.39 is 0 Å². The highest BCUT2D eigenvalue weighted by molar-refractivity contribution is 7.12. The van der Waals surface area contributed by atoms with E-state index in [0.717, 1.165) is 13.0 Å². The lowest BCUT2D eigenvalue weighted by molar-refractivity contribution is -0.122. The van der Waals surface area contributed by atoms with Crippen LogP contribution in [-0.4, -0.2) is 12.2 Å². The van der Waals surface area contributed by atoms with E-state index in [-0.39, 0.29) is 11.6 Å². The molecule has 0 bridgehead atoms. The molecule has 0 radical (unpaired) electrons. The number of rotatable bonds is 3. The zero-order valence-electron chi connectivity index (χ0n) is 12.4. The molecule has 1 spiro atoms. The van der Waals surface area contributed by atoms with Crippen LogP contribution < -0.4 is 11.3 Å². The van der Waals surface area contributed by atoms with Gasteiger partial charge in [-0.15, -0.1) is 11.3 Å². The predicted octanol–water partition coefficient (Wildman–Crippen LogP) is 3.69. The number of aryl methyl sites for hydroxylation is 1. The van der Waals surface area contributed by atoms with Gasteiger partial charge in [0.15, 0.2) is 0 Å². The van der Waals surface area contributed by atoms with Crippen LogP contribution in [0.4, 0.5) is 0 Å². The lowest BCUT2D eigenvalue weighted by Gasteiger charge is -2.45. The SMILES string of the molecule is Cc1ccc(C(NN)C2CCOC3(CCCCC3)C2)s1. The van der Waals surface area contributed by atoms with E-state index in [2.05, 4.69) is 24.5 Å². The molecule has 3 N–H and O–H groups in total. The molecule has 0 amide bonds. The standard InChI is InChI=1S/C16H26N2OS/c1-12-5-6-14(20-12)15(18-17)13-7-10-19-16(11-13)8-3-2-4-9-16/h5-6,13,15,18H,2-4,7-11,17H2,1H3. The van der Waals surface area contributed by atoms with Gasteiger partial charge in [-0.3, -0.25) is 11.3 Å².